The summed E-state index contributed by atoms with van der Waals surface area (Å²) >= 11 is 0. The first-order valence-electron chi connectivity index (χ1n) is 5.52. The Kier molecular flexibility index (Phi) is 2.23. The number of hydrogen-bond donors (Lipinski definition) is 1. The maximum atomic E-state index is 12.0. The van der Waals surface area contributed by atoms with Gasteiger partial charge in [-0.25, -0.2) is 4.98 Å². The third kappa shape index (κ3) is 1.50. The number of carboxylic acid groups (broad SMARTS) is 1. The van der Waals surface area contributed by atoms with Crippen molar-refractivity contribution in [1.82, 2.24) is 4.98 Å². The molecule has 2 aromatic rings. The molecule has 1 heterocycles. The van der Waals surface area contributed by atoms with Gasteiger partial charge in [0.05, 0.1) is 11.2 Å². The van der Waals surface area contributed by atoms with E-state index in [0.29, 0.717) is 11.3 Å². The van der Waals surface area contributed by atoms with Gasteiger partial charge in [0, 0.05) is 10.9 Å². The van der Waals surface area contributed by atoms with E-state index in [1.807, 2.05) is 24.3 Å². The molecule has 1 aromatic heterocycles. The van der Waals surface area contributed by atoms with Crippen LogP contribution in [-0.2, 0) is 4.79 Å². The normalized spacial score (nSPS) is 17.8. The smallest absolute Gasteiger partial charge is 0.318 e. The van der Waals surface area contributed by atoms with Crippen molar-refractivity contribution in [1.29, 1.82) is 0 Å². The van der Waals surface area contributed by atoms with Crippen LogP contribution in [0.25, 0.3) is 17.0 Å². The number of hydrogen-bond acceptors (Lipinski definition) is 3. The van der Waals surface area contributed by atoms with Gasteiger partial charge in [0.2, 0.25) is 0 Å². The van der Waals surface area contributed by atoms with Crippen LogP contribution in [0.4, 0.5) is 0 Å². The Bertz CT molecular complexity index is 703. The highest BCUT2D eigenvalue weighted by Gasteiger charge is 2.29. The van der Waals surface area contributed by atoms with Gasteiger partial charge >= 0.3 is 5.97 Å². The summed E-state index contributed by atoms with van der Waals surface area (Å²) in [5, 5.41) is 9.79. The monoisotopic (exact) mass is 239 g/mol. The number of rotatable bonds is 1. The van der Waals surface area contributed by atoms with Crippen molar-refractivity contribution in [3.63, 3.8) is 0 Å². The van der Waals surface area contributed by atoms with Gasteiger partial charge in [-0.1, -0.05) is 24.3 Å². The molecule has 4 nitrogen and oxygen atoms in total. The van der Waals surface area contributed by atoms with Crippen LogP contribution < -0.4 is 0 Å². The number of Topliss-reactive ketones (excluding diaryl/α,β-unsaturated/α-hetero) is 1. The number of carboxylic acids is 1. The van der Waals surface area contributed by atoms with Crippen molar-refractivity contribution < 1.29 is 14.7 Å². The number of fused-ring (bicyclic) bond motifs is 2. The number of benzene rings is 1. The minimum absolute atomic E-state index is 0.378. The van der Waals surface area contributed by atoms with Gasteiger partial charge in [0.15, 0.2) is 5.78 Å². The van der Waals surface area contributed by atoms with E-state index in [1.165, 1.54) is 6.08 Å². The molecule has 0 saturated carbocycles. The summed E-state index contributed by atoms with van der Waals surface area (Å²) in [6.45, 7) is 0. The van der Waals surface area contributed by atoms with Crippen LogP contribution in [0.15, 0.2) is 36.4 Å². The van der Waals surface area contributed by atoms with E-state index in [2.05, 4.69) is 4.98 Å². The molecule has 0 fully saturated rings. The number of aromatic nitrogens is 1. The van der Waals surface area contributed by atoms with Crippen LogP contribution in [-0.4, -0.2) is 21.8 Å². The van der Waals surface area contributed by atoms with Gasteiger partial charge in [-0.2, -0.15) is 0 Å². The van der Waals surface area contributed by atoms with Crippen molar-refractivity contribution in [2.24, 2.45) is 5.92 Å². The number of nitrogens with zero attached hydrogens (tertiary/aromatic N) is 1. The molecule has 3 rings (SSSR count). The minimum atomic E-state index is -1.13. The molecule has 1 atom stereocenters. The molecule has 0 radical (unpaired) electrons. The lowest BCUT2D eigenvalue weighted by Gasteiger charge is -2.14. The zero-order valence-electron chi connectivity index (χ0n) is 9.33. The largest absolute Gasteiger partial charge is 0.480 e. The van der Waals surface area contributed by atoms with Crippen molar-refractivity contribution in [3.05, 3.63) is 47.7 Å². The van der Waals surface area contributed by atoms with Gasteiger partial charge in [0.25, 0.3) is 0 Å². The summed E-state index contributed by atoms with van der Waals surface area (Å²) in [5.41, 5.74) is 1.71. The maximum absolute atomic E-state index is 12.0. The van der Waals surface area contributed by atoms with E-state index >= 15 is 0 Å². The molecule has 0 amide bonds. The van der Waals surface area contributed by atoms with Crippen LogP contribution in [0.1, 0.15) is 16.1 Å². The number of para-hydroxylation sites is 1. The van der Waals surface area contributed by atoms with Crippen LogP contribution >= 0.6 is 0 Å². The van der Waals surface area contributed by atoms with Crippen molar-refractivity contribution in [2.75, 3.05) is 0 Å². The summed E-state index contributed by atoms with van der Waals surface area (Å²) in [6, 6.07) is 9.14. The van der Waals surface area contributed by atoms with Crippen molar-refractivity contribution >= 4 is 28.7 Å². The highest BCUT2D eigenvalue weighted by Crippen LogP contribution is 2.25. The molecule has 1 unspecified atom stereocenters. The van der Waals surface area contributed by atoms with Crippen LogP contribution in [0, 0.1) is 5.92 Å². The van der Waals surface area contributed by atoms with Gasteiger partial charge in [-0.15, -0.1) is 0 Å². The van der Waals surface area contributed by atoms with Crippen molar-refractivity contribution in [2.45, 2.75) is 0 Å². The summed E-state index contributed by atoms with van der Waals surface area (Å²) in [5.74, 6) is -2.63. The maximum Gasteiger partial charge on any atom is 0.318 e. The highest BCUT2D eigenvalue weighted by molar-refractivity contribution is 6.14. The second kappa shape index (κ2) is 3.77. The predicted molar refractivity (Wildman–Crippen MR) is 66.2 cm³/mol. The summed E-state index contributed by atoms with van der Waals surface area (Å²) < 4.78 is 0. The van der Waals surface area contributed by atoms with E-state index in [1.54, 1.807) is 12.1 Å². The Morgan fingerprint density at radius 1 is 1.28 bits per heavy atom. The molecule has 0 saturated heterocycles. The van der Waals surface area contributed by atoms with Crippen LogP contribution in [0.2, 0.25) is 0 Å². The van der Waals surface area contributed by atoms with Gasteiger partial charge in [-0.05, 0) is 18.2 Å². The second-order valence-electron chi connectivity index (χ2n) is 4.15. The standard InChI is InChI=1S/C14H9NO3/c16-13-9(14(17)18)5-6-12-10(13)7-8-3-1-2-4-11(8)15-12/h1-7,9H,(H,17,18). The van der Waals surface area contributed by atoms with Gasteiger partial charge in [0.1, 0.15) is 5.92 Å². The minimum Gasteiger partial charge on any atom is -0.480 e. The fourth-order valence-electron chi connectivity index (χ4n) is 2.09. The fourth-order valence-corrected chi connectivity index (χ4v) is 2.09. The van der Waals surface area contributed by atoms with E-state index < -0.39 is 17.7 Å². The molecule has 88 valence electrons. The SMILES string of the molecule is O=C(O)C1C=Cc2nc3ccccc3cc2C1=O. The summed E-state index contributed by atoms with van der Waals surface area (Å²) in [6.07, 6.45) is 2.98. The summed E-state index contributed by atoms with van der Waals surface area (Å²) in [4.78, 5) is 27.3. The van der Waals surface area contributed by atoms with Crippen LogP contribution in [0.5, 0.6) is 0 Å². The number of ketones is 1. The topological polar surface area (TPSA) is 67.3 Å². The lowest BCUT2D eigenvalue weighted by molar-refractivity contribution is -0.138. The average Bonchev–Trinajstić information content (AvgIpc) is 2.37. The number of carbonyl (C=O) groups excluding carboxylic acids is 1. The van der Waals surface area contributed by atoms with E-state index in [4.69, 9.17) is 5.11 Å². The molecule has 1 N–H and O–H groups in total. The first-order valence-corrected chi connectivity index (χ1v) is 5.52. The third-order valence-electron chi connectivity index (χ3n) is 3.01. The Labute approximate surface area is 103 Å². The number of pyridine rings is 1. The summed E-state index contributed by atoms with van der Waals surface area (Å²) in [7, 11) is 0. The van der Waals surface area contributed by atoms with Crippen molar-refractivity contribution in [3.8, 4) is 0 Å². The molecule has 1 aliphatic carbocycles. The number of carbonyl (C=O) groups is 2. The molecule has 1 aliphatic rings. The van der Waals surface area contributed by atoms with Gasteiger partial charge < -0.3 is 5.11 Å². The van der Waals surface area contributed by atoms with Crippen LogP contribution in [0.3, 0.4) is 0 Å². The van der Waals surface area contributed by atoms with Gasteiger partial charge in [-0.3, -0.25) is 9.59 Å². The van der Waals surface area contributed by atoms with E-state index in [9.17, 15) is 9.59 Å². The lowest BCUT2D eigenvalue weighted by atomic mass is 9.90. The fraction of sp³-hybridized carbons (Fsp3) is 0.0714. The Morgan fingerprint density at radius 3 is 2.83 bits per heavy atom. The molecule has 18 heavy (non-hydrogen) atoms. The molecule has 0 spiro atoms. The zero-order chi connectivity index (χ0) is 12.7. The quantitative estimate of drug-likeness (QED) is 0.774. The average molecular weight is 239 g/mol. The molecule has 1 aromatic carbocycles. The molecular formula is C14H9NO3. The lowest BCUT2D eigenvalue weighted by Crippen LogP contribution is -2.25. The molecule has 0 bridgehead atoms. The Morgan fingerprint density at radius 2 is 2.06 bits per heavy atom. The first-order chi connectivity index (χ1) is 8.66. The molecular weight excluding hydrogens is 230 g/mol. The number of aliphatic carboxylic acids is 1. The molecule has 4 heteroatoms. The predicted octanol–water partition coefficient (Wildman–Crippen LogP) is 2.15. The third-order valence-corrected chi connectivity index (χ3v) is 3.01. The Hall–Kier alpha value is -2.49. The Balaban J connectivity index is 2.23. The second-order valence-corrected chi connectivity index (χ2v) is 4.15. The highest BCUT2D eigenvalue weighted by atomic mass is 16.4. The molecule has 0 aliphatic heterocycles. The zero-order valence-corrected chi connectivity index (χ0v) is 9.33. The van der Waals surface area contributed by atoms with E-state index in [0.717, 1.165) is 10.9 Å². The first kappa shape index (κ1) is 10.7. The van der Waals surface area contributed by atoms with E-state index in [-0.39, 0.29) is 0 Å².